The molecule has 0 heterocycles. The van der Waals surface area contributed by atoms with Gasteiger partial charge in [0.05, 0.1) is 6.61 Å². The minimum absolute atomic E-state index is 0.553. The van der Waals surface area contributed by atoms with E-state index in [1.165, 1.54) is 6.08 Å². The molecule has 0 saturated carbocycles. The van der Waals surface area contributed by atoms with E-state index in [-0.39, 0.29) is 0 Å². The van der Waals surface area contributed by atoms with Crippen molar-refractivity contribution in [3.8, 4) is 0 Å². The first kappa shape index (κ1) is 15.6. The fourth-order valence-corrected chi connectivity index (χ4v) is 1.50. The van der Waals surface area contributed by atoms with Crippen molar-refractivity contribution in [2.75, 3.05) is 6.61 Å². The highest BCUT2D eigenvalue weighted by atomic mass is 16.4. The van der Waals surface area contributed by atoms with Crippen LogP contribution in [-0.4, -0.2) is 61.7 Å². The Morgan fingerprint density at radius 2 is 1.58 bits per heavy atom. The van der Waals surface area contributed by atoms with Gasteiger partial charge in [-0.2, -0.15) is 0 Å². The van der Waals surface area contributed by atoms with Gasteiger partial charge in [0.15, 0.2) is 0 Å². The molecule has 0 aliphatic heterocycles. The topological polar surface area (TPSA) is 121 Å². The lowest BCUT2D eigenvalue weighted by molar-refractivity contribution is -0.112. The van der Waals surface area contributed by atoms with Crippen molar-refractivity contribution in [2.45, 2.75) is 24.4 Å². The van der Waals surface area contributed by atoms with Gasteiger partial charge in [-0.3, -0.25) is 0 Å². The maximum absolute atomic E-state index is 9.64. The minimum atomic E-state index is -1.82. The Morgan fingerprint density at radius 1 is 1.00 bits per heavy atom. The Balaban J connectivity index is 2.76. The summed E-state index contributed by atoms with van der Waals surface area (Å²) in [6, 6.07) is 8.59. The van der Waals surface area contributed by atoms with E-state index >= 15 is 0 Å². The predicted octanol–water partition coefficient (Wildman–Crippen LogP) is -0.979. The average molecular weight is 270 g/mol. The molecule has 0 saturated heterocycles. The highest BCUT2D eigenvalue weighted by Crippen LogP contribution is 2.14. The molecule has 0 spiro atoms. The van der Waals surface area contributed by atoms with Crippen LogP contribution in [0.15, 0.2) is 36.1 Å². The molecule has 6 heteroatoms. The van der Waals surface area contributed by atoms with Crippen LogP contribution in [0.25, 0.3) is 6.08 Å². The van der Waals surface area contributed by atoms with Crippen LogP contribution in [0.4, 0.5) is 0 Å². The van der Waals surface area contributed by atoms with E-state index in [1.54, 1.807) is 30.3 Å². The summed E-state index contributed by atoms with van der Waals surface area (Å²) in [4.78, 5) is 0. The molecule has 1 aromatic rings. The monoisotopic (exact) mass is 270 g/mol. The molecule has 106 valence electrons. The Labute approximate surface area is 110 Å². The third-order valence-electron chi connectivity index (χ3n) is 2.67. The zero-order valence-electron chi connectivity index (χ0n) is 10.2. The lowest BCUT2D eigenvalue weighted by Gasteiger charge is -2.25. The number of aliphatic hydroxyl groups excluding tert-OH is 6. The molecule has 19 heavy (non-hydrogen) atoms. The summed E-state index contributed by atoms with van der Waals surface area (Å²) < 4.78 is 0. The maximum Gasteiger partial charge on any atom is 0.139 e. The molecule has 1 aromatic carbocycles. The summed E-state index contributed by atoms with van der Waals surface area (Å²) in [6.07, 6.45) is -5.73. The lowest BCUT2D eigenvalue weighted by Crippen LogP contribution is -2.46. The van der Waals surface area contributed by atoms with Gasteiger partial charge >= 0.3 is 0 Å². The van der Waals surface area contributed by atoms with Crippen LogP contribution in [0, 0.1) is 0 Å². The fraction of sp³-hybridized carbons (Fsp3) is 0.385. The fourth-order valence-electron chi connectivity index (χ4n) is 1.50. The Morgan fingerprint density at radius 3 is 2.11 bits per heavy atom. The lowest BCUT2D eigenvalue weighted by atomic mass is 10.0. The maximum atomic E-state index is 9.64. The summed E-state index contributed by atoms with van der Waals surface area (Å²) >= 11 is 0. The summed E-state index contributed by atoms with van der Waals surface area (Å²) in [7, 11) is 0. The zero-order valence-corrected chi connectivity index (χ0v) is 10.2. The van der Waals surface area contributed by atoms with Gasteiger partial charge in [0.1, 0.15) is 30.2 Å². The number of hydrogen-bond donors (Lipinski definition) is 6. The molecular formula is C13H18O6. The van der Waals surface area contributed by atoms with Gasteiger partial charge in [-0.15, -0.1) is 0 Å². The van der Waals surface area contributed by atoms with E-state index < -0.39 is 36.8 Å². The first-order chi connectivity index (χ1) is 8.97. The molecule has 0 unspecified atom stereocenters. The van der Waals surface area contributed by atoms with Crippen molar-refractivity contribution in [2.24, 2.45) is 0 Å². The quantitative estimate of drug-likeness (QED) is 0.370. The normalized spacial score (nSPS) is 18.7. The van der Waals surface area contributed by atoms with Crippen LogP contribution in [-0.2, 0) is 0 Å². The summed E-state index contributed by atoms with van der Waals surface area (Å²) in [5.74, 6) is -0.553. The van der Waals surface area contributed by atoms with Gasteiger partial charge in [-0.25, -0.2) is 0 Å². The molecule has 0 aliphatic rings. The highest BCUT2D eigenvalue weighted by molar-refractivity contribution is 5.51. The Kier molecular flexibility index (Phi) is 5.94. The van der Waals surface area contributed by atoms with E-state index in [9.17, 15) is 20.4 Å². The average Bonchev–Trinajstić information content (AvgIpc) is 2.44. The summed E-state index contributed by atoms with van der Waals surface area (Å²) in [5.41, 5.74) is 0.600. The molecular weight excluding hydrogens is 252 g/mol. The predicted molar refractivity (Wildman–Crippen MR) is 68.2 cm³/mol. The molecule has 0 bridgehead atoms. The standard InChI is InChI=1S/C13H18O6/c14-7-10(16)12(18)13(19)11(17)9(15)6-8-4-2-1-3-5-8/h1-6,10-19H,7H2/t10-,11+,12-,13-/m1/s1. The summed E-state index contributed by atoms with van der Waals surface area (Å²) in [6.45, 7) is -0.770. The first-order valence-corrected chi connectivity index (χ1v) is 5.76. The molecule has 1 rings (SSSR count). The third-order valence-corrected chi connectivity index (χ3v) is 2.67. The molecule has 0 amide bonds. The minimum Gasteiger partial charge on any atom is -0.509 e. The Hall–Kier alpha value is -1.44. The van der Waals surface area contributed by atoms with Crippen molar-refractivity contribution in [1.82, 2.24) is 0 Å². The van der Waals surface area contributed by atoms with E-state index in [0.29, 0.717) is 5.56 Å². The van der Waals surface area contributed by atoms with Gasteiger partial charge < -0.3 is 30.6 Å². The number of aliphatic hydroxyl groups is 6. The van der Waals surface area contributed by atoms with Gasteiger partial charge in [0.2, 0.25) is 0 Å². The molecule has 4 atom stereocenters. The van der Waals surface area contributed by atoms with Crippen LogP contribution in [0.3, 0.4) is 0 Å². The van der Waals surface area contributed by atoms with E-state index in [2.05, 4.69) is 0 Å². The van der Waals surface area contributed by atoms with E-state index in [0.717, 1.165) is 0 Å². The van der Waals surface area contributed by atoms with Gasteiger partial charge in [0.25, 0.3) is 0 Å². The zero-order chi connectivity index (χ0) is 14.4. The number of rotatable bonds is 6. The summed E-state index contributed by atoms with van der Waals surface area (Å²) in [5, 5.41) is 56.0. The van der Waals surface area contributed by atoms with Gasteiger partial charge in [0, 0.05) is 0 Å². The Bertz CT molecular complexity index is 405. The second-order valence-electron chi connectivity index (χ2n) is 4.16. The van der Waals surface area contributed by atoms with Crippen LogP contribution < -0.4 is 0 Å². The number of benzene rings is 1. The second-order valence-corrected chi connectivity index (χ2v) is 4.16. The molecule has 0 aromatic heterocycles. The van der Waals surface area contributed by atoms with Crippen molar-refractivity contribution >= 4 is 6.08 Å². The van der Waals surface area contributed by atoms with Gasteiger partial charge in [-0.1, -0.05) is 30.3 Å². The van der Waals surface area contributed by atoms with Crippen LogP contribution in [0.1, 0.15) is 5.56 Å². The molecule has 0 radical (unpaired) electrons. The molecule has 0 aliphatic carbocycles. The first-order valence-electron chi connectivity index (χ1n) is 5.76. The highest BCUT2D eigenvalue weighted by Gasteiger charge is 2.32. The molecule has 6 N–H and O–H groups in total. The third kappa shape index (κ3) is 4.30. The van der Waals surface area contributed by atoms with Crippen LogP contribution in [0.2, 0.25) is 0 Å². The SMILES string of the molecule is OC[C@@H](O)[C@@H](O)[C@H](O)[C@@H](O)C(O)=Cc1ccccc1. The van der Waals surface area contributed by atoms with Crippen LogP contribution >= 0.6 is 0 Å². The van der Waals surface area contributed by atoms with Crippen molar-refractivity contribution < 1.29 is 30.6 Å². The molecule has 0 fully saturated rings. The van der Waals surface area contributed by atoms with E-state index in [4.69, 9.17) is 10.2 Å². The second kappa shape index (κ2) is 7.22. The van der Waals surface area contributed by atoms with Crippen LogP contribution in [0.5, 0.6) is 0 Å². The van der Waals surface area contributed by atoms with E-state index in [1.807, 2.05) is 0 Å². The number of hydrogen-bond acceptors (Lipinski definition) is 6. The van der Waals surface area contributed by atoms with Crippen molar-refractivity contribution in [3.63, 3.8) is 0 Å². The van der Waals surface area contributed by atoms with Crippen molar-refractivity contribution in [1.29, 1.82) is 0 Å². The molecule has 6 nitrogen and oxygen atoms in total. The smallest absolute Gasteiger partial charge is 0.139 e. The largest absolute Gasteiger partial charge is 0.509 e. The van der Waals surface area contributed by atoms with Crippen molar-refractivity contribution in [3.05, 3.63) is 41.7 Å². The van der Waals surface area contributed by atoms with Gasteiger partial charge in [-0.05, 0) is 11.6 Å².